The van der Waals surface area contributed by atoms with Gasteiger partial charge < -0.3 is 4.57 Å². The molecule has 0 amide bonds. The molecule has 5 heteroatoms. The Morgan fingerprint density at radius 3 is 2.37 bits per heavy atom. The van der Waals surface area contributed by atoms with E-state index in [1.165, 1.54) is 22.2 Å². The van der Waals surface area contributed by atoms with Gasteiger partial charge in [-0.3, -0.25) is 4.31 Å². The zero-order valence-electron chi connectivity index (χ0n) is 16.7. The molecule has 1 atom stereocenters. The molecule has 0 N–H and O–H groups in total. The van der Waals surface area contributed by atoms with Crippen LogP contribution in [0.1, 0.15) is 16.8 Å². The third-order valence-electron chi connectivity index (χ3n) is 6.85. The number of nitrogens with zero attached hydrogens (tertiary/aromatic N) is 2. The Balaban J connectivity index is 1.50. The Kier molecular flexibility index (Phi) is 3.55. The second kappa shape index (κ2) is 5.99. The molecule has 3 aromatic carbocycles. The Morgan fingerprint density at radius 2 is 1.53 bits per heavy atom. The molecular formula is C25H22N2O2S. The number of rotatable bonds is 2. The van der Waals surface area contributed by atoms with Crippen molar-refractivity contribution in [3.63, 3.8) is 0 Å². The number of anilines is 1. The zero-order valence-corrected chi connectivity index (χ0v) is 17.6. The van der Waals surface area contributed by atoms with Crippen molar-refractivity contribution in [2.45, 2.75) is 30.2 Å². The largest absolute Gasteiger partial charge is 0.343 e. The smallest absolute Gasteiger partial charge is 0.264 e. The molecular weight excluding hydrogens is 392 g/mol. The molecule has 0 fully saturated rings. The summed E-state index contributed by atoms with van der Waals surface area (Å²) in [5.74, 6) is 0. The lowest BCUT2D eigenvalue weighted by Gasteiger charge is -2.25. The van der Waals surface area contributed by atoms with Crippen molar-refractivity contribution in [2.24, 2.45) is 0 Å². The number of para-hydroxylation sites is 2. The maximum atomic E-state index is 13.5. The summed E-state index contributed by atoms with van der Waals surface area (Å²) < 4.78 is 31.1. The quantitative estimate of drug-likeness (QED) is 0.479. The first-order chi connectivity index (χ1) is 14.5. The lowest BCUT2D eigenvalue weighted by Crippen LogP contribution is -2.38. The molecule has 2 aliphatic heterocycles. The molecule has 3 heterocycles. The predicted molar refractivity (Wildman–Crippen MR) is 119 cm³/mol. The van der Waals surface area contributed by atoms with Crippen LogP contribution in [0.2, 0.25) is 0 Å². The van der Waals surface area contributed by atoms with Crippen LogP contribution in [0, 0.1) is 6.92 Å². The first kappa shape index (κ1) is 17.8. The van der Waals surface area contributed by atoms with Gasteiger partial charge in [0.2, 0.25) is 0 Å². The van der Waals surface area contributed by atoms with E-state index >= 15 is 0 Å². The normalized spacial score (nSPS) is 20.1. The molecule has 6 rings (SSSR count). The van der Waals surface area contributed by atoms with Crippen LogP contribution in [0.25, 0.3) is 10.9 Å². The standard InChI is InChI=1S/C25H22N2O2S/c1-18-20-11-5-7-13-22(20)26-16-25(15-24(18)26)17-27(23-14-8-6-12-21(23)25)30(28,29)19-9-3-2-4-10-19/h2-14H,15-17H2,1H3. The lowest BCUT2D eigenvalue weighted by atomic mass is 9.80. The summed E-state index contributed by atoms with van der Waals surface area (Å²) in [5.41, 5.74) is 5.59. The van der Waals surface area contributed by atoms with Gasteiger partial charge in [-0.15, -0.1) is 0 Å². The van der Waals surface area contributed by atoms with E-state index in [0.29, 0.717) is 11.4 Å². The number of aromatic nitrogens is 1. The summed E-state index contributed by atoms with van der Waals surface area (Å²) in [7, 11) is -3.61. The fourth-order valence-electron chi connectivity index (χ4n) is 5.42. The molecule has 150 valence electrons. The Labute approximate surface area is 176 Å². The Hall–Kier alpha value is -3.05. The molecule has 0 aliphatic carbocycles. The molecule has 30 heavy (non-hydrogen) atoms. The second-order valence-electron chi connectivity index (χ2n) is 8.47. The SMILES string of the molecule is Cc1c2n(c3ccccc13)CC1(C2)CN(S(=O)(=O)c2ccccc2)c2ccccc21. The average Bonchev–Trinajstić information content (AvgIpc) is 3.41. The molecule has 4 nitrogen and oxygen atoms in total. The first-order valence-electron chi connectivity index (χ1n) is 10.3. The summed E-state index contributed by atoms with van der Waals surface area (Å²) >= 11 is 0. The Morgan fingerprint density at radius 1 is 0.833 bits per heavy atom. The van der Waals surface area contributed by atoms with E-state index in [9.17, 15) is 8.42 Å². The highest BCUT2D eigenvalue weighted by molar-refractivity contribution is 7.92. The third kappa shape index (κ3) is 2.24. The van der Waals surface area contributed by atoms with Crippen LogP contribution in [0.4, 0.5) is 5.69 Å². The fourth-order valence-corrected chi connectivity index (χ4v) is 7.01. The van der Waals surface area contributed by atoms with Crippen molar-refractivity contribution in [3.8, 4) is 0 Å². The molecule has 1 unspecified atom stereocenters. The van der Waals surface area contributed by atoms with E-state index in [1.54, 1.807) is 28.6 Å². The van der Waals surface area contributed by atoms with Crippen molar-refractivity contribution in [1.29, 1.82) is 0 Å². The van der Waals surface area contributed by atoms with Crippen molar-refractivity contribution < 1.29 is 8.42 Å². The van der Waals surface area contributed by atoms with Crippen LogP contribution in [0.5, 0.6) is 0 Å². The van der Waals surface area contributed by atoms with Crippen LogP contribution in [-0.4, -0.2) is 19.5 Å². The highest BCUT2D eigenvalue weighted by Crippen LogP contribution is 2.50. The van der Waals surface area contributed by atoms with Gasteiger partial charge >= 0.3 is 0 Å². The summed E-state index contributed by atoms with van der Waals surface area (Å²) in [6.45, 7) is 3.46. The minimum absolute atomic E-state index is 0.234. The van der Waals surface area contributed by atoms with Gasteiger partial charge in [0.05, 0.1) is 10.6 Å². The monoisotopic (exact) mass is 414 g/mol. The number of benzene rings is 3. The third-order valence-corrected chi connectivity index (χ3v) is 8.62. The average molecular weight is 415 g/mol. The van der Waals surface area contributed by atoms with E-state index in [4.69, 9.17) is 0 Å². The van der Waals surface area contributed by atoms with Gasteiger partial charge in [0.25, 0.3) is 10.0 Å². The van der Waals surface area contributed by atoms with Gasteiger partial charge in [-0.1, -0.05) is 54.6 Å². The zero-order chi connectivity index (χ0) is 20.5. The summed E-state index contributed by atoms with van der Waals surface area (Å²) in [6, 6.07) is 25.3. The van der Waals surface area contributed by atoms with E-state index in [-0.39, 0.29) is 5.41 Å². The lowest BCUT2D eigenvalue weighted by molar-refractivity contribution is 0.453. The number of aryl methyl sites for hydroxylation is 1. The van der Waals surface area contributed by atoms with Crippen molar-refractivity contribution in [3.05, 3.63) is 95.7 Å². The van der Waals surface area contributed by atoms with Gasteiger partial charge in [0.1, 0.15) is 0 Å². The summed E-state index contributed by atoms with van der Waals surface area (Å²) in [5, 5.41) is 1.29. The number of hydrogen-bond acceptors (Lipinski definition) is 2. The molecule has 1 aromatic heterocycles. The predicted octanol–water partition coefficient (Wildman–Crippen LogP) is 4.65. The topological polar surface area (TPSA) is 42.3 Å². The van der Waals surface area contributed by atoms with Crippen LogP contribution in [-0.2, 0) is 28.4 Å². The van der Waals surface area contributed by atoms with Crippen LogP contribution in [0.3, 0.4) is 0 Å². The van der Waals surface area contributed by atoms with E-state index in [0.717, 1.165) is 24.2 Å². The number of hydrogen-bond donors (Lipinski definition) is 0. The second-order valence-corrected chi connectivity index (χ2v) is 10.3. The van der Waals surface area contributed by atoms with Crippen molar-refractivity contribution in [2.75, 3.05) is 10.8 Å². The van der Waals surface area contributed by atoms with Crippen molar-refractivity contribution in [1.82, 2.24) is 4.57 Å². The highest BCUT2D eigenvalue weighted by atomic mass is 32.2. The number of fused-ring (bicyclic) bond motifs is 5. The molecule has 0 bridgehead atoms. The highest BCUT2D eigenvalue weighted by Gasteiger charge is 2.50. The van der Waals surface area contributed by atoms with Crippen LogP contribution < -0.4 is 4.31 Å². The fraction of sp³-hybridized carbons (Fsp3) is 0.200. The van der Waals surface area contributed by atoms with Gasteiger partial charge in [-0.2, -0.15) is 0 Å². The minimum Gasteiger partial charge on any atom is -0.343 e. The van der Waals surface area contributed by atoms with Gasteiger partial charge in [0, 0.05) is 41.5 Å². The molecule has 0 saturated heterocycles. The van der Waals surface area contributed by atoms with Crippen LogP contribution >= 0.6 is 0 Å². The maximum absolute atomic E-state index is 13.5. The Bertz CT molecular complexity index is 1410. The molecule has 4 aromatic rings. The van der Waals surface area contributed by atoms with Gasteiger partial charge in [0.15, 0.2) is 0 Å². The van der Waals surface area contributed by atoms with Gasteiger partial charge in [-0.25, -0.2) is 8.42 Å². The van der Waals surface area contributed by atoms with E-state index < -0.39 is 10.0 Å². The summed E-state index contributed by atoms with van der Waals surface area (Å²) in [6.07, 6.45) is 0.853. The number of sulfonamides is 1. The first-order valence-corrected chi connectivity index (χ1v) is 11.7. The maximum Gasteiger partial charge on any atom is 0.264 e. The van der Waals surface area contributed by atoms with Gasteiger partial charge in [-0.05, 0) is 42.3 Å². The molecule has 0 radical (unpaired) electrons. The van der Waals surface area contributed by atoms with Crippen LogP contribution in [0.15, 0.2) is 83.8 Å². The van der Waals surface area contributed by atoms with E-state index in [2.05, 4.69) is 41.8 Å². The van der Waals surface area contributed by atoms with Crippen molar-refractivity contribution >= 4 is 26.6 Å². The minimum atomic E-state index is -3.61. The summed E-state index contributed by atoms with van der Waals surface area (Å²) in [4.78, 5) is 0.344. The van der Waals surface area contributed by atoms with E-state index in [1.807, 2.05) is 24.3 Å². The molecule has 0 saturated carbocycles. The molecule has 2 aliphatic rings. The molecule has 1 spiro atoms.